The molecule has 9 heteroatoms. The van der Waals surface area contributed by atoms with Crippen molar-refractivity contribution < 1.29 is 23.2 Å². The number of amides is 1. The fourth-order valence-electron chi connectivity index (χ4n) is 1.19. The highest BCUT2D eigenvalue weighted by atomic mass is 32.2. The number of nitrogens with zero attached hydrogens (tertiary/aromatic N) is 1. The minimum Gasteiger partial charge on any atom is -0.387 e. The number of carbonyl (C=O) groups is 1. The second-order valence-corrected chi connectivity index (χ2v) is 5.43. The van der Waals surface area contributed by atoms with E-state index in [-0.39, 0.29) is 10.6 Å². The lowest BCUT2D eigenvalue weighted by Gasteiger charge is -2.05. The molecule has 0 aliphatic carbocycles. The second-order valence-electron chi connectivity index (χ2n) is 3.41. The summed E-state index contributed by atoms with van der Waals surface area (Å²) >= 11 is 0. The highest BCUT2D eigenvalue weighted by Crippen LogP contribution is 2.27. The van der Waals surface area contributed by atoms with Crippen molar-refractivity contribution in [3.63, 3.8) is 0 Å². The van der Waals surface area contributed by atoms with Gasteiger partial charge < -0.3 is 10.4 Å². The van der Waals surface area contributed by atoms with Crippen molar-refractivity contribution in [1.29, 1.82) is 0 Å². The van der Waals surface area contributed by atoms with Crippen LogP contribution in [-0.4, -0.2) is 37.2 Å². The summed E-state index contributed by atoms with van der Waals surface area (Å²) in [7, 11) is -3.58. The van der Waals surface area contributed by atoms with Crippen molar-refractivity contribution in [2.24, 2.45) is 0 Å². The van der Waals surface area contributed by atoms with E-state index in [0.29, 0.717) is 0 Å². The van der Waals surface area contributed by atoms with Crippen molar-refractivity contribution in [3.05, 3.63) is 28.3 Å². The van der Waals surface area contributed by atoms with Crippen LogP contribution in [0.3, 0.4) is 0 Å². The summed E-state index contributed by atoms with van der Waals surface area (Å²) in [5.41, 5.74) is -0.730. The number of hydrogen-bond donors (Lipinski definition) is 2. The summed E-state index contributed by atoms with van der Waals surface area (Å²) in [5, 5.41) is 21.4. The fraction of sp³-hybridized carbons (Fsp3) is 0.222. The molecule has 1 aromatic rings. The van der Waals surface area contributed by atoms with E-state index in [1.165, 1.54) is 0 Å². The lowest BCUT2D eigenvalue weighted by atomic mass is 10.2. The van der Waals surface area contributed by atoms with Gasteiger partial charge in [-0.2, -0.15) is 0 Å². The summed E-state index contributed by atoms with van der Waals surface area (Å²) in [4.78, 5) is 20.7. The highest BCUT2D eigenvalue weighted by molar-refractivity contribution is 7.90. The van der Waals surface area contributed by atoms with E-state index in [2.05, 4.69) is 5.32 Å². The van der Waals surface area contributed by atoms with Crippen LogP contribution in [-0.2, 0) is 14.6 Å². The molecule has 0 heterocycles. The quantitative estimate of drug-likeness (QED) is 0.584. The minimum absolute atomic E-state index is 0.175. The Morgan fingerprint density at radius 3 is 2.56 bits per heavy atom. The second kappa shape index (κ2) is 5.10. The topological polar surface area (TPSA) is 127 Å². The number of carbonyl (C=O) groups excluding carboxylic acids is 1. The van der Waals surface area contributed by atoms with Gasteiger partial charge in [0, 0.05) is 12.3 Å². The van der Waals surface area contributed by atoms with Crippen molar-refractivity contribution in [2.75, 3.05) is 18.2 Å². The molecule has 18 heavy (non-hydrogen) atoms. The van der Waals surface area contributed by atoms with Gasteiger partial charge in [0.15, 0.2) is 9.84 Å². The number of nitrogens with one attached hydrogen (secondary N) is 1. The molecule has 0 aliphatic heterocycles. The minimum atomic E-state index is -3.58. The fourth-order valence-corrected chi connectivity index (χ4v) is 1.83. The van der Waals surface area contributed by atoms with Crippen molar-refractivity contribution in [3.8, 4) is 0 Å². The Morgan fingerprint density at radius 2 is 2.11 bits per heavy atom. The zero-order valence-electron chi connectivity index (χ0n) is 9.28. The predicted octanol–water partition coefficient (Wildman–Crippen LogP) is -0.0709. The molecule has 0 atom stereocenters. The van der Waals surface area contributed by atoms with Crippen LogP contribution in [0.25, 0.3) is 0 Å². The number of aliphatic hydroxyl groups is 1. The van der Waals surface area contributed by atoms with Crippen LogP contribution < -0.4 is 5.32 Å². The molecule has 0 aromatic heterocycles. The number of aliphatic hydroxyl groups excluding tert-OH is 1. The number of hydrogen-bond acceptors (Lipinski definition) is 6. The van der Waals surface area contributed by atoms with Crippen LogP contribution >= 0.6 is 0 Å². The zero-order valence-corrected chi connectivity index (χ0v) is 10.1. The number of nitro benzene ring substituents is 1. The Hall–Kier alpha value is -2.00. The Labute approximate surface area is 102 Å². The molecule has 0 radical (unpaired) electrons. The van der Waals surface area contributed by atoms with Crippen LogP contribution in [0.4, 0.5) is 11.4 Å². The van der Waals surface area contributed by atoms with Crippen LogP contribution in [0.15, 0.2) is 23.1 Å². The van der Waals surface area contributed by atoms with Gasteiger partial charge in [0.25, 0.3) is 5.69 Å². The van der Waals surface area contributed by atoms with Crippen molar-refractivity contribution in [1.82, 2.24) is 0 Å². The molecule has 0 bridgehead atoms. The maximum atomic E-state index is 11.2. The van der Waals surface area contributed by atoms with E-state index in [4.69, 9.17) is 5.11 Å². The molecule has 0 spiro atoms. The van der Waals surface area contributed by atoms with Gasteiger partial charge in [-0.15, -0.1) is 0 Å². The largest absolute Gasteiger partial charge is 0.387 e. The van der Waals surface area contributed by atoms with E-state index in [1.54, 1.807) is 0 Å². The van der Waals surface area contributed by atoms with Gasteiger partial charge in [-0.05, 0) is 12.1 Å². The van der Waals surface area contributed by atoms with Gasteiger partial charge in [0.1, 0.15) is 12.3 Å². The van der Waals surface area contributed by atoms with Crippen LogP contribution in [0.5, 0.6) is 0 Å². The predicted molar refractivity (Wildman–Crippen MR) is 61.9 cm³/mol. The first-order chi connectivity index (χ1) is 8.25. The molecular formula is C9H10N2O6S. The van der Waals surface area contributed by atoms with Crippen LogP contribution in [0.1, 0.15) is 0 Å². The number of anilines is 1. The molecule has 8 nitrogen and oxygen atoms in total. The first-order valence-electron chi connectivity index (χ1n) is 4.65. The summed E-state index contributed by atoms with van der Waals surface area (Å²) in [6, 6.07) is 3.08. The number of benzene rings is 1. The SMILES string of the molecule is CS(=O)(=O)c1ccc(NC(=O)CO)c([N+](=O)[O-])c1. The third-order valence-electron chi connectivity index (χ3n) is 2.01. The molecule has 98 valence electrons. The number of rotatable bonds is 4. The number of sulfone groups is 1. The molecule has 1 amide bonds. The third-order valence-corrected chi connectivity index (χ3v) is 3.12. The Kier molecular flexibility index (Phi) is 3.99. The Morgan fingerprint density at radius 1 is 1.50 bits per heavy atom. The Balaban J connectivity index is 3.30. The standard InChI is InChI=1S/C9H10N2O6S/c1-18(16,17)6-2-3-7(10-9(13)5-12)8(4-6)11(14)15/h2-4,12H,5H2,1H3,(H,10,13). The van der Waals surface area contributed by atoms with Gasteiger partial charge >= 0.3 is 0 Å². The first kappa shape index (κ1) is 14.1. The van der Waals surface area contributed by atoms with E-state index < -0.39 is 33.0 Å². The molecule has 1 aromatic carbocycles. The molecule has 0 aliphatic rings. The summed E-state index contributed by atoms with van der Waals surface area (Å²) in [6.07, 6.45) is 0.915. The molecule has 0 saturated carbocycles. The van der Waals surface area contributed by atoms with E-state index >= 15 is 0 Å². The van der Waals surface area contributed by atoms with Crippen LogP contribution in [0.2, 0.25) is 0 Å². The van der Waals surface area contributed by atoms with Crippen LogP contribution in [0, 0.1) is 10.1 Å². The molecular weight excluding hydrogens is 264 g/mol. The lowest BCUT2D eigenvalue weighted by Crippen LogP contribution is -2.16. The normalized spacial score (nSPS) is 11.0. The molecule has 0 fully saturated rings. The molecule has 1 rings (SSSR count). The maximum Gasteiger partial charge on any atom is 0.294 e. The van der Waals surface area contributed by atoms with Gasteiger partial charge in [-0.3, -0.25) is 14.9 Å². The van der Waals surface area contributed by atoms with E-state index in [9.17, 15) is 23.3 Å². The Bertz CT molecular complexity index is 595. The zero-order chi connectivity index (χ0) is 13.9. The highest BCUT2D eigenvalue weighted by Gasteiger charge is 2.19. The van der Waals surface area contributed by atoms with Gasteiger partial charge in [-0.25, -0.2) is 8.42 Å². The summed E-state index contributed by atoms with van der Waals surface area (Å²) in [5.74, 6) is -0.829. The molecule has 2 N–H and O–H groups in total. The van der Waals surface area contributed by atoms with Gasteiger partial charge in [0.05, 0.1) is 9.82 Å². The average molecular weight is 274 g/mol. The smallest absolute Gasteiger partial charge is 0.294 e. The number of nitro groups is 1. The summed E-state index contributed by atoms with van der Waals surface area (Å²) in [6.45, 7) is -0.828. The first-order valence-corrected chi connectivity index (χ1v) is 6.54. The van der Waals surface area contributed by atoms with E-state index in [1.807, 2.05) is 0 Å². The summed E-state index contributed by atoms with van der Waals surface area (Å²) < 4.78 is 22.5. The average Bonchev–Trinajstić information content (AvgIpc) is 2.27. The van der Waals surface area contributed by atoms with Crippen molar-refractivity contribution >= 4 is 27.1 Å². The third kappa shape index (κ3) is 3.25. The monoisotopic (exact) mass is 274 g/mol. The van der Waals surface area contributed by atoms with Gasteiger partial charge in [0.2, 0.25) is 5.91 Å². The molecule has 0 unspecified atom stereocenters. The maximum absolute atomic E-state index is 11.2. The van der Waals surface area contributed by atoms with Gasteiger partial charge in [-0.1, -0.05) is 0 Å². The molecule has 0 saturated heterocycles. The lowest BCUT2D eigenvalue weighted by molar-refractivity contribution is -0.384. The van der Waals surface area contributed by atoms with E-state index in [0.717, 1.165) is 24.5 Å². The van der Waals surface area contributed by atoms with Crippen molar-refractivity contribution in [2.45, 2.75) is 4.90 Å².